The van der Waals surface area contributed by atoms with Gasteiger partial charge < -0.3 is 0 Å². The summed E-state index contributed by atoms with van der Waals surface area (Å²) >= 11 is 0. The van der Waals surface area contributed by atoms with Crippen LogP contribution in [0.15, 0.2) is 60.7 Å². The molecule has 2 aromatic carbocycles. The average Bonchev–Trinajstić information content (AvgIpc) is 2.60. The molecule has 120 valence electrons. The predicted molar refractivity (Wildman–Crippen MR) is 90.4 cm³/mol. The van der Waals surface area contributed by atoms with Crippen LogP contribution in [0.2, 0.25) is 0 Å². The Bertz CT molecular complexity index is 627. The lowest BCUT2D eigenvalue weighted by Gasteiger charge is -2.43. The van der Waals surface area contributed by atoms with Crippen LogP contribution in [-0.4, -0.2) is 17.0 Å². The molecule has 0 N–H and O–H groups in total. The van der Waals surface area contributed by atoms with Crippen LogP contribution in [0.3, 0.4) is 0 Å². The molecule has 1 fully saturated rings. The molecule has 3 heteroatoms. The maximum absolute atomic E-state index is 12.2. The SMILES string of the molecule is C[C@@H]1[C@@H](CCCc2ccccc2)C(=O)N1OCc1ccccc1. The highest BCUT2D eigenvalue weighted by molar-refractivity contribution is 5.84. The Morgan fingerprint density at radius 3 is 2.17 bits per heavy atom. The van der Waals surface area contributed by atoms with Crippen molar-refractivity contribution >= 4 is 5.91 Å². The minimum Gasteiger partial charge on any atom is -0.272 e. The fourth-order valence-electron chi connectivity index (χ4n) is 3.09. The number of rotatable bonds is 7. The van der Waals surface area contributed by atoms with E-state index < -0.39 is 0 Å². The van der Waals surface area contributed by atoms with Gasteiger partial charge in [-0.1, -0.05) is 60.7 Å². The van der Waals surface area contributed by atoms with E-state index in [1.807, 2.05) is 36.4 Å². The lowest BCUT2D eigenvalue weighted by atomic mass is 9.86. The van der Waals surface area contributed by atoms with Crippen molar-refractivity contribution in [1.82, 2.24) is 5.06 Å². The van der Waals surface area contributed by atoms with Crippen LogP contribution in [-0.2, 0) is 22.7 Å². The number of hydrogen-bond donors (Lipinski definition) is 0. The quantitative estimate of drug-likeness (QED) is 0.724. The molecule has 2 aromatic rings. The third-order valence-corrected chi connectivity index (χ3v) is 4.52. The van der Waals surface area contributed by atoms with Crippen LogP contribution in [0, 0.1) is 5.92 Å². The summed E-state index contributed by atoms with van der Waals surface area (Å²) in [4.78, 5) is 17.9. The van der Waals surface area contributed by atoms with Crippen molar-refractivity contribution in [2.45, 2.75) is 38.8 Å². The molecule has 1 heterocycles. The fraction of sp³-hybridized carbons (Fsp3) is 0.350. The Hall–Kier alpha value is -2.13. The van der Waals surface area contributed by atoms with E-state index >= 15 is 0 Å². The highest BCUT2D eigenvalue weighted by Crippen LogP contribution is 2.31. The first-order valence-corrected chi connectivity index (χ1v) is 8.29. The zero-order valence-electron chi connectivity index (χ0n) is 13.5. The Morgan fingerprint density at radius 1 is 0.957 bits per heavy atom. The van der Waals surface area contributed by atoms with Crippen LogP contribution < -0.4 is 0 Å². The second-order valence-corrected chi connectivity index (χ2v) is 6.15. The lowest BCUT2D eigenvalue weighted by molar-refractivity contribution is -0.246. The molecule has 3 rings (SSSR count). The number of hydroxylamine groups is 2. The molecule has 1 amide bonds. The van der Waals surface area contributed by atoms with Crippen LogP contribution >= 0.6 is 0 Å². The molecule has 0 aromatic heterocycles. The summed E-state index contributed by atoms with van der Waals surface area (Å²) < 4.78 is 0. The molecule has 3 nitrogen and oxygen atoms in total. The largest absolute Gasteiger partial charge is 0.272 e. The molecule has 0 radical (unpaired) electrons. The maximum Gasteiger partial charge on any atom is 0.251 e. The van der Waals surface area contributed by atoms with Gasteiger partial charge in [0.05, 0.1) is 12.0 Å². The van der Waals surface area contributed by atoms with Gasteiger partial charge >= 0.3 is 0 Å². The first-order chi connectivity index (χ1) is 11.3. The molecule has 1 aliphatic rings. The summed E-state index contributed by atoms with van der Waals surface area (Å²) in [5, 5.41) is 1.54. The van der Waals surface area contributed by atoms with E-state index in [-0.39, 0.29) is 17.9 Å². The number of β-lactam (4-membered cyclic amide) rings is 1. The van der Waals surface area contributed by atoms with Gasteiger partial charge in [-0.25, -0.2) is 5.06 Å². The highest BCUT2D eigenvalue weighted by Gasteiger charge is 2.44. The molecule has 2 atom stereocenters. The first-order valence-electron chi connectivity index (χ1n) is 8.29. The fourth-order valence-corrected chi connectivity index (χ4v) is 3.09. The van der Waals surface area contributed by atoms with E-state index in [4.69, 9.17) is 4.84 Å². The summed E-state index contributed by atoms with van der Waals surface area (Å²) in [7, 11) is 0. The van der Waals surface area contributed by atoms with Crippen LogP contribution in [0.4, 0.5) is 0 Å². The van der Waals surface area contributed by atoms with Gasteiger partial charge in [-0.05, 0) is 37.3 Å². The first kappa shape index (κ1) is 15.8. The van der Waals surface area contributed by atoms with Gasteiger partial charge in [-0.3, -0.25) is 9.63 Å². The highest BCUT2D eigenvalue weighted by atomic mass is 16.7. The molecule has 0 spiro atoms. The lowest BCUT2D eigenvalue weighted by Crippen LogP contribution is -2.58. The van der Waals surface area contributed by atoms with Gasteiger partial charge in [-0.15, -0.1) is 0 Å². The average molecular weight is 309 g/mol. The van der Waals surface area contributed by atoms with E-state index in [1.165, 1.54) is 5.56 Å². The second-order valence-electron chi connectivity index (χ2n) is 6.15. The Labute approximate surface area is 137 Å². The summed E-state index contributed by atoms with van der Waals surface area (Å²) in [6, 6.07) is 20.5. The Kier molecular flexibility index (Phi) is 5.09. The van der Waals surface area contributed by atoms with Crippen molar-refractivity contribution in [3.63, 3.8) is 0 Å². The summed E-state index contributed by atoms with van der Waals surface area (Å²) in [6.45, 7) is 2.52. The Balaban J connectivity index is 1.42. The standard InChI is InChI=1S/C20H23NO2/c1-16-19(14-8-13-17-9-4-2-5-10-17)20(22)21(16)23-15-18-11-6-3-7-12-18/h2-7,9-12,16,19H,8,13-15H2,1H3/t16-,19-/m1/s1. The molecule has 0 unspecified atom stereocenters. The second kappa shape index (κ2) is 7.42. The molecule has 0 aliphatic carbocycles. The van der Waals surface area contributed by atoms with Crippen molar-refractivity contribution in [2.24, 2.45) is 5.92 Å². The Morgan fingerprint density at radius 2 is 1.57 bits per heavy atom. The monoisotopic (exact) mass is 309 g/mol. The number of nitrogens with zero attached hydrogens (tertiary/aromatic N) is 1. The molecule has 23 heavy (non-hydrogen) atoms. The molecule has 1 saturated heterocycles. The topological polar surface area (TPSA) is 29.5 Å². The summed E-state index contributed by atoms with van der Waals surface area (Å²) in [5.41, 5.74) is 2.42. The maximum atomic E-state index is 12.2. The van der Waals surface area contributed by atoms with Gasteiger partial charge in [0.15, 0.2) is 0 Å². The van der Waals surface area contributed by atoms with E-state index in [0.29, 0.717) is 6.61 Å². The number of carbonyl (C=O) groups is 1. The van der Waals surface area contributed by atoms with Gasteiger partial charge in [0, 0.05) is 0 Å². The van der Waals surface area contributed by atoms with Gasteiger partial charge in [-0.2, -0.15) is 0 Å². The van der Waals surface area contributed by atoms with Crippen molar-refractivity contribution in [3.05, 3.63) is 71.8 Å². The van der Waals surface area contributed by atoms with Crippen LogP contribution in [0.1, 0.15) is 30.9 Å². The minimum absolute atomic E-state index is 0.106. The number of aryl methyl sites for hydroxylation is 1. The zero-order chi connectivity index (χ0) is 16.1. The number of carbonyl (C=O) groups excluding carboxylic acids is 1. The minimum atomic E-state index is 0.106. The van der Waals surface area contributed by atoms with E-state index in [9.17, 15) is 4.79 Å². The van der Waals surface area contributed by atoms with Crippen LogP contribution in [0.5, 0.6) is 0 Å². The van der Waals surface area contributed by atoms with Gasteiger partial charge in [0.1, 0.15) is 6.61 Å². The molecule has 0 bridgehead atoms. The van der Waals surface area contributed by atoms with E-state index in [0.717, 1.165) is 24.8 Å². The number of amides is 1. The van der Waals surface area contributed by atoms with E-state index in [1.54, 1.807) is 5.06 Å². The van der Waals surface area contributed by atoms with Crippen LogP contribution in [0.25, 0.3) is 0 Å². The molecular weight excluding hydrogens is 286 g/mol. The van der Waals surface area contributed by atoms with Crippen molar-refractivity contribution in [3.8, 4) is 0 Å². The molecular formula is C20H23NO2. The van der Waals surface area contributed by atoms with E-state index in [2.05, 4.69) is 31.2 Å². The number of hydrogen-bond acceptors (Lipinski definition) is 2. The van der Waals surface area contributed by atoms with Gasteiger partial charge in [0.2, 0.25) is 0 Å². The third kappa shape index (κ3) is 3.80. The summed E-state index contributed by atoms with van der Waals surface area (Å²) in [6.07, 6.45) is 3.00. The smallest absolute Gasteiger partial charge is 0.251 e. The third-order valence-electron chi connectivity index (χ3n) is 4.52. The number of benzene rings is 2. The van der Waals surface area contributed by atoms with Crippen molar-refractivity contribution < 1.29 is 9.63 Å². The predicted octanol–water partition coefficient (Wildman–Crippen LogP) is 3.99. The molecule has 1 aliphatic heterocycles. The normalized spacial score (nSPS) is 20.4. The zero-order valence-corrected chi connectivity index (χ0v) is 13.5. The van der Waals surface area contributed by atoms with Crippen molar-refractivity contribution in [1.29, 1.82) is 0 Å². The summed E-state index contributed by atoms with van der Waals surface area (Å²) in [5.74, 6) is 0.232. The molecule has 0 saturated carbocycles. The van der Waals surface area contributed by atoms with Gasteiger partial charge in [0.25, 0.3) is 5.91 Å². The van der Waals surface area contributed by atoms with Crippen molar-refractivity contribution in [2.75, 3.05) is 0 Å².